The molecule has 1 aromatic carbocycles. The standard InChI is InChI=1S/C19H26N2/c1-14(2)21-13-16(11-15(21)3)12-20-18-9-7-17(8-10-18)19(4,5)6/h7-14H,1-6H3. The first-order chi connectivity index (χ1) is 9.77. The molecular formula is C19H26N2. The van der Waals surface area contributed by atoms with Crippen LogP contribution in [-0.2, 0) is 5.41 Å². The Morgan fingerprint density at radius 3 is 2.19 bits per heavy atom. The van der Waals surface area contributed by atoms with Gasteiger partial charge in [-0.25, -0.2) is 0 Å². The van der Waals surface area contributed by atoms with Crippen LogP contribution in [0.15, 0.2) is 41.5 Å². The molecule has 2 rings (SSSR count). The van der Waals surface area contributed by atoms with Gasteiger partial charge in [-0.05, 0) is 49.9 Å². The Kier molecular flexibility index (Phi) is 4.36. The predicted molar refractivity (Wildman–Crippen MR) is 92.0 cm³/mol. The topological polar surface area (TPSA) is 17.3 Å². The lowest BCUT2D eigenvalue weighted by molar-refractivity contribution is 0.589. The summed E-state index contributed by atoms with van der Waals surface area (Å²) in [5.41, 5.74) is 4.95. The van der Waals surface area contributed by atoms with Gasteiger partial charge in [0.05, 0.1) is 5.69 Å². The lowest BCUT2D eigenvalue weighted by Gasteiger charge is -2.18. The van der Waals surface area contributed by atoms with Gasteiger partial charge in [0.15, 0.2) is 0 Å². The molecule has 0 amide bonds. The number of benzene rings is 1. The number of hydrogen-bond acceptors (Lipinski definition) is 1. The fourth-order valence-corrected chi connectivity index (χ4v) is 2.44. The molecule has 0 spiro atoms. The van der Waals surface area contributed by atoms with Crippen molar-refractivity contribution in [1.82, 2.24) is 4.57 Å². The highest BCUT2D eigenvalue weighted by atomic mass is 15.0. The van der Waals surface area contributed by atoms with Gasteiger partial charge in [0.2, 0.25) is 0 Å². The fraction of sp³-hybridized carbons (Fsp3) is 0.421. The van der Waals surface area contributed by atoms with Crippen LogP contribution < -0.4 is 0 Å². The largest absolute Gasteiger partial charge is 0.349 e. The van der Waals surface area contributed by atoms with E-state index >= 15 is 0 Å². The summed E-state index contributed by atoms with van der Waals surface area (Å²) in [5.74, 6) is 0. The third-order valence-electron chi connectivity index (χ3n) is 3.72. The van der Waals surface area contributed by atoms with E-state index in [9.17, 15) is 0 Å². The van der Waals surface area contributed by atoms with Gasteiger partial charge >= 0.3 is 0 Å². The summed E-state index contributed by atoms with van der Waals surface area (Å²) < 4.78 is 2.27. The molecule has 1 aromatic heterocycles. The molecule has 0 fully saturated rings. The van der Waals surface area contributed by atoms with Gasteiger partial charge in [0.25, 0.3) is 0 Å². The van der Waals surface area contributed by atoms with Gasteiger partial charge in [-0.3, -0.25) is 4.99 Å². The molecule has 1 heterocycles. The predicted octanol–water partition coefficient (Wildman–Crippen LogP) is 5.43. The van der Waals surface area contributed by atoms with Crippen LogP contribution in [0.3, 0.4) is 0 Å². The zero-order chi connectivity index (χ0) is 15.6. The SMILES string of the molecule is Cc1cc(C=Nc2ccc(C(C)(C)C)cc2)cn1C(C)C. The van der Waals surface area contributed by atoms with Crippen LogP contribution in [0.1, 0.15) is 57.5 Å². The molecule has 2 heteroatoms. The van der Waals surface area contributed by atoms with E-state index in [1.165, 1.54) is 11.3 Å². The minimum Gasteiger partial charge on any atom is -0.349 e. The van der Waals surface area contributed by atoms with Crippen molar-refractivity contribution >= 4 is 11.9 Å². The van der Waals surface area contributed by atoms with Gasteiger partial charge in [0.1, 0.15) is 0 Å². The second-order valence-corrected chi connectivity index (χ2v) is 6.97. The number of aryl methyl sites for hydroxylation is 1. The Morgan fingerprint density at radius 1 is 1.10 bits per heavy atom. The number of aliphatic imine (C=N–C) groups is 1. The maximum atomic E-state index is 4.58. The molecule has 21 heavy (non-hydrogen) atoms. The summed E-state index contributed by atoms with van der Waals surface area (Å²) >= 11 is 0. The average Bonchev–Trinajstić information content (AvgIpc) is 2.77. The Morgan fingerprint density at radius 2 is 1.71 bits per heavy atom. The number of rotatable bonds is 3. The third kappa shape index (κ3) is 3.84. The molecule has 0 radical (unpaired) electrons. The molecule has 2 aromatic rings. The van der Waals surface area contributed by atoms with E-state index in [4.69, 9.17) is 0 Å². The summed E-state index contributed by atoms with van der Waals surface area (Å²) in [7, 11) is 0. The Hall–Kier alpha value is -1.83. The zero-order valence-corrected chi connectivity index (χ0v) is 14.0. The Balaban J connectivity index is 2.16. The van der Waals surface area contributed by atoms with Crippen LogP contribution in [0.25, 0.3) is 0 Å². The highest BCUT2D eigenvalue weighted by Crippen LogP contribution is 2.24. The molecule has 0 saturated carbocycles. The van der Waals surface area contributed by atoms with Crippen LogP contribution >= 0.6 is 0 Å². The minimum absolute atomic E-state index is 0.188. The highest BCUT2D eigenvalue weighted by molar-refractivity contribution is 5.82. The van der Waals surface area contributed by atoms with Gasteiger partial charge < -0.3 is 4.57 Å². The van der Waals surface area contributed by atoms with E-state index in [0.29, 0.717) is 6.04 Å². The number of hydrogen-bond donors (Lipinski definition) is 0. The summed E-state index contributed by atoms with van der Waals surface area (Å²) in [6.07, 6.45) is 4.10. The van der Waals surface area contributed by atoms with E-state index in [1.54, 1.807) is 0 Å². The van der Waals surface area contributed by atoms with E-state index in [2.05, 4.69) is 87.6 Å². The lowest BCUT2D eigenvalue weighted by atomic mass is 9.87. The molecule has 0 atom stereocenters. The maximum absolute atomic E-state index is 4.58. The van der Waals surface area contributed by atoms with Gasteiger partial charge in [-0.1, -0.05) is 32.9 Å². The summed E-state index contributed by atoms with van der Waals surface area (Å²) in [4.78, 5) is 4.58. The van der Waals surface area contributed by atoms with Crippen molar-refractivity contribution in [2.75, 3.05) is 0 Å². The molecule has 0 aliphatic rings. The van der Waals surface area contributed by atoms with Crippen LogP contribution in [-0.4, -0.2) is 10.8 Å². The van der Waals surface area contributed by atoms with Crippen molar-refractivity contribution in [3.63, 3.8) is 0 Å². The number of nitrogens with zero attached hydrogens (tertiary/aromatic N) is 2. The van der Waals surface area contributed by atoms with Gasteiger partial charge in [-0.2, -0.15) is 0 Å². The number of aromatic nitrogens is 1. The van der Waals surface area contributed by atoms with Crippen molar-refractivity contribution in [2.24, 2.45) is 4.99 Å². The summed E-state index contributed by atoms with van der Waals surface area (Å²) in [6, 6.07) is 11.2. The normalized spacial score (nSPS) is 12.5. The van der Waals surface area contributed by atoms with Gasteiger partial charge in [-0.15, -0.1) is 0 Å². The molecule has 0 N–H and O–H groups in total. The average molecular weight is 282 g/mol. The van der Waals surface area contributed by atoms with E-state index in [-0.39, 0.29) is 5.41 Å². The van der Waals surface area contributed by atoms with Crippen molar-refractivity contribution in [2.45, 2.75) is 53.0 Å². The van der Waals surface area contributed by atoms with Crippen LogP contribution in [0.5, 0.6) is 0 Å². The lowest BCUT2D eigenvalue weighted by Crippen LogP contribution is -2.10. The highest BCUT2D eigenvalue weighted by Gasteiger charge is 2.12. The fourth-order valence-electron chi connectivity index (χ4n) is 2.44. The molecule has 0 unspecified atom stereocenters. The van der Waals surface area contributed by atoms with E-state index in [0.717, 1.165) is 11.3 Å². The Bertz CT molecular complexity index is 623. The van der Waals surface area contributed by atoms with Crippen LogP contribution in [0.2, 0.25) is 0 Å². The second kappa shape index (κ2) is 5.88. The monoisotopic (exact) mass is 282 g/mol. The van der Waals surface area contributed by atoms with Crippen LogP contribution in [0.4, 0.5) is 5.69 Å². The molecule has 0 aliphatic heterocycles. The first kappa shape index (κ1) is 15.6. The second-order valence-electron chi connectivity index (χ2n) is 6.97. The van der Waals surface area contributed by atoms with Crippen molar-refractivity contribution in [3.05, 3.63) is 53.3 Å². The molecule has 112 valence electrons. The quantitative estimate of drug-likeness (QED) is 0.668. The van der Waals surface area contributed by atoms with Crippen molar-refractivity contribution in [1.29, 1.82) is 0 Å². The maximum Gasteiger partial charge on any atom is 0.0630 e. The van der Waals surface area contributed by atoms with Crippen LogP contribution in [0, 0.1) is 6.92 Å². The van der Waals surface area contributed by atoms with Crippen molar-refractivity contribution in [3.8, 4) is 0 Å². The summed E-state index contributed by atoms with van der Waals surface area (Å²) in [5, 5.41) is 0. The molecule has 0 aliphatic carbocycles. The third-order valence-corrected chi connectivity index (χ3v) is 3.72. The molecule has 2 nitrogen and oxygen atoms in total. The van der Waals surface area contributed by atoms with Crippen molar-refractivity contribution < 1.29 is 0 Å². The van der Waals surface area contributed by atoms with E-state index < -0.39 is 0 Å². The van der Waals surface area contributed by atoms with E-state index in [1.807, 2.05) is 6.21 Å². The summed E-state index contributed by atoms with van der Waals surface area (Å²) in [6.45, 7) is 13.2. The smallest absolute Gasteiger partial charge is 0.0630 e. The van der Waals surface area contributed by atoms with Gasteiger partial charge in [0, 0.05) is 29.7 Å². The first-order valence-corrected chi connectivity index (χ1v) is 7.60. The molecule has 0 bridgehead atoms. The molecular weight excluding hydrogens is 256 g/mol. The zero-order valence-electron chi connectivity index (χ0n) is 14.0. The first-order valence-electron chi connectivity index (χ1n) is 7.60. The minimum atomic E-state index is 0.188. The molecule has 0 saturated heterocycles. The Labute approximate surface area is 128 Å².